The number of aromatic nitrogens is 2. The lowest BCUT2D eigenvalue weighted by Crippen LogP contribution is -2.25. The van der Waals surface area contributed by atoms with Crippen molar-refractivity contribution in [2.45, 2.75) is 52.6 Å². The van der Waals surface area contributed by atoms with E-state index in [0.29, 0.717) is 0 Å². The number of hydrogen-bond acceptors (Lipinski definition) is 2. The molecule has 0 saturated heterocycles. The molecule has 1 unspecified atom stereocenters. The molecule has 0 radical (unpaired) electrons. The van der Waals surface area contributed by atoms with Gasteiger partial charge >= 0.3 is 0 Å². The first-order chi connectivity index (χ1) is 10.0. The summed E-state index contributed by atoms with van der Waals surface area (Å²) in [5, 5.41) is 4.52. The first-order valence-corrected chi connectivity index (χ1v) is 8.33. The summed E-state index contributed by atoms with van der Waals surface area (Å²) in [5.74, 6) is 0. The summed E-state index contributed by atoms with van der Waals surface area (Å²) >= 11 is 3.64. The Bertz CT molecular complexity index is 587. The Morgan fingerprint density at radius 2 is 1.90 bits per heavy atom. The van der Waals surface area contributed by atoms with Crippen molar-refractivity contribution in [2.75, 3.05) is 0 Å². The number of halogens is 1. The van der Waals surface area contributed by atoms with Gasteiger partial charge in [-0.1, -0.05) is 29.8 Å². The Hall–Kier alpha value is -1.13. The van der Waals surface area contributed by atoms with Crippen LogP contribution in [0.5, 0.6) is 0 Å². The van der Waals surface area contributed by atoms with Gasteiger partial charge in [-0.05, 0) is 55.1 Å². The Kier molecular flexibility index (Phi) is 5.59. The van der Waals surface area contributed by atoms with Gasteiger partial charge in [0.2, 0.25) is 0 Å². The highest BCUT2D eigenvalue weighted by molar-refractivity contribution is 9.10. The van der Waals surface area contributed by atoms with Crippen molar-refractivity contribution >= 4 is 15.9 Å². The van der Waals surface area contributed by atoms with Crippen LogP contribution in [0.25, 0.3) is 0 Å². The van der Waals surface area contributed by atoms with Crippen molar-refractivity contribution in [2.24, 2.45) is 5.73 Å². The average Bonchev–Trinajstić information content (AvgIpc) is 2.74. The zero-order chi connectivity index (χ0) is 15.4. The van der Waals surface area contributed by atoms with Gasteiger partial charge in [0.1, 0.15) is 0 Å². The number of nitrogens with zero attached hydrogens (tertiary/aromatic N) is 2. The predicted molar refractivity (Wildman–Crippen MR) is 91.5 cm³/mol. The highest BCUT2D eigenvalue weighted by Gasteiger charge is 2.15. The molecule has 1 heterocycles. The molecular weight excluding hydrogens is 326 g/mol. The fraction of sp³-hybridized carbons (Fsp3) is 0.471. The van der Waals surface area contributed by atoms with Gasteiger partial charge in [-0.15, -0.1) is 0 Å². The fourth-order valence-corrected chi connectivity index (χ4v) is 2.97. The van der Waals surface area contributed by atoms with Crippen LogP contribution in [-0.4, -0.2) is 15.8 Å². The van der Waals surface area contributed by atoms with E-state index in [4.69, 9.17) is 5.73 Å². The largest absolute Gasteiger partial charge is 0.327 e. The van der Waals surface area contributed by atoms with E-state index in [9.17, 15) is 0 Å². The zero-order valence-electron chi connectivity index (χ0n) is 13.1. The van der Waals surface area contributed by atoms with Crippen LogP contribution < -0.4 is 5.73 Å². The van der Waals surface area contributed by atoms with Crippen LogP contribution in [0.15, 0.2) is 28.7 Å². The van der Waals surface area contributed by atoms with Crippen molar-refractivity contribution in [3.63, 3.8) is 0 Å². The number of hydrogen-bond donors (Lipinski definition) is 1. The molecule has 0 saturated carbocycles. The monoisotopic (exact) mass is 349 g/mol. The zero-order valence-corrected chi connectivity index (χ0v) is 14.7. The SMILES string of the molecule is CCn1nc(C)c(Br)c1CC(N)CCc1ccc(C)cc1. The second-order valence-corrected chi connectivity index (χ2v) is 6.44. The van der Waals surface area contributed by atoms with E-state index in [1.165, 1.54) is 16.8 Å². The van der Waals surface area contributed by atoms with Crippen LogP contribution >= 0.6 is 15.9 Å². The molecule has 1 aromatic carbocycles. The van der Waals surface area contributed by atoms with Crippen LogP contribution in [-0.2, 0) is 19.4 Å². The lowest BCUT2D eigenvalue weighted by atomic mass is 10.0. The molecule has 0 amide bonds. The van der Waals surface area contributed by atoms with E-state index < -0.39 is 0 Å². The minimum atomic E-state index is 0.156. The smallest absolute Gasteiger partial charge is 0.0738 e. The number of benzene rings is 1. The second-order valence-electron chi connectivity index (χ2n) is 5.65. The Labute approximate surface area is 135 Å². The molecule has 0 aliphatic rings. The molecule has 4 heteroatoms. The van der Waals surface area contributed by atoms with Crippen LogP contribution in [0, 0.1) is 13.8 Å². The molecule has 0 spiro atoms. The van der Waals surface area contributed by atoms with Crippen molar-refractivity contribution in [1.82, 2.24) is 9.78 Å². The predicted octanol–water partition coefficient (Wildman–Crippen LogP) is 3.78. The third-order valence-electron chi connectivity index (χ3n) is 3.83. The Balaban J connectivity index is 1.95. The molecule has 0 aliphatic carbocycles. The normalized spacial score (nSPS) is 12.6. The summed E-state index contributed by atoms with van der Waals surface area (Å²) in [6.07, 6.45) is 2.88. The maximum atomic E-state index is 6.32. The summed E-state index contributed by atoms with van der Waals surface area (Å²) in [4.78, 5) is 0. The van der Waals surface area contributed by atoms with Gasteiger partial charge in [-0.2, -0.15) is 5.10 Å². The van der Waals surface area contributed by atoms with Crippen molar-refractivity contribution < 1.29 is 0 Å². The first kappa shape index (κ1) is 16.2. The van der Waals surface area contributed by atoms with Gasteiger partial charge < -0.3 is 5.73 Å². The first-order valence-electron chi connectivity index (χ1n) is 7.54. The molecule has 0 fully saturated rings. The van der Waals surface area contributed by atoms with Crippen LogP contribution in [0.1, 0.15) is 35.9 Å². The highest BCUT2D eigenvalue weighted by Crippen LogP contribution is 2.22. The quantitative estimate of drug-likeness (QED) is 0.862. The second kappa shape index (κ2) is 7.23. The van der Waals surface area contributed by atoms with Crippen molar-refractivity contribution in [1.29, 1.82) is 0 Å². The van der Waals surface area contributed by atoms with E-state index >= 15 is 0 Å². The topological polar surface area (TPSA) is 43.8 Å². The molecule has 21 heavy (non-hydrogen) atoms. The summed E-state index contributed by atoms with van der Waals surface area (Å²) in [7, 11) is 0. The fourth-order valence-electron chi connectivity index (χ4n) is 2.52. The molecular formula is C17H24BrN3. The summed E-state index contributed by atoms with van der Waals surface area (Å²) in [6, 6.07) is 8.86. The highest BCUT2D eigenvalue weighted by atomic mass is 79.9. The van der Waals surface area contributed by atoms with E-state index in [0.717, 1.165) is 36.0 Å². The molecule has 114 valence electrons. The lowest BCUT2D eigenvalue weighted by molar-refractivity contribution is 0.553. The molecule has 3 nitrogen and oxygen atoms in total. The van der Waals surface area contributed by atoms with E-state index in [-0.39, 0.29) is 6.04 Å². The van der Waals surface area contributed by atoms with Gasteiger partial charge in [0, 0.05) is 19.0 Å². The minimum Gasteiger partial charge on any atom is -0.327 e. The maximum Gasteiger partial charge on any atom is 0.0738 e. The number of nitrogens with two attached hydrogens (primary N) is 1. The van der Waals surface area contributed by atoms with E-state index in [1.54, 1.807) is 0 Å². The third kappa shape index (κ3) is 4.17. The van der Waals surface area contributed by atoms with Gasteiger partial charge in [0.05, 0.1) is 15.9 Å². The Morgan fingerprint density at radius 3 is 2.52 bits per heavy atom. The van der Waals surface area contributed by atoms with Crippen molar-refractivity contribution in [3.05, 3.63) is 51.3 Å². The minimum absolute atomic E-state index is 0.156. The number of rotatable bonds is 6. The molecule has 1 atom stereocenters. The summed E-state index contributed by atoms with van der Waals surface area (Å²) in [6.45, 7) is 7.13. The lowest BCUT2D eigenvalue weighted by Gasteiger charge is -2.13. The summed E-state index contributed by atoms with van der Waals surface area (Å²) < 4.78 is 3.15. The van der Waals surface area contributed by atoms with E-state index in [2.05, 4.69) is 59.1 Å². The van der Waals surface area contributed by atoms with Gasteiger partial charge in [0.15, 0.2) is 0 Å². The molecule has 2 aromatic rings. The Morgan fingerprint density at radius 1 is 1.24 bits per heavy atom. The number of aryl methyl sites for hydroxylation is 4. The van der Waals surface area contributed by atoms with Gasteiger partial charge in [-0.3, -0.25) is 4.68 Å². The van der Waals surface area contributed by atoms with Crippen LogP contribution in [0.2, 0.25) is 0 Å². The maximum absolute atomic E-state index is 6.32. The van der Waals surface area contributed by atoms with E-state index in [1.807, 2.05) is 11.6 Å². The summed E-state index contributed by atoms with van der Waals surface area (Å²) in [5.41, 5.74) is 11.2. The van der Waals surface area contributed by atoms with Gasteiger partial charge in [0.25, 0.3) is 0 Å². The third-order valence-corrected chi connectivity index (χ3v) is 4.86. The molecule has 0 aliphatic heterocycles. The molecule has 2 rings (SSSR count). The van der Waals surface area contributed by atoms with Crippen LogP contribution in [0.4, 0.5) is 0 Å². The standard InChI is InChI=1S/C17H24BrN3/c1-4-21-16(17(18)13(3)20-21)11-15(19)10-9-14-7-5-12(2)6-8-14/h5-8,15H,4,9-11,19H2,1-3H3. The van der Waals surface area contributed by atoms with Gasteiger partial charge in [-0.25, -0.2) is 0 Å². The molecule has 2 N–H and O–H groups in total. The average molecular weight is 350 g/mol. The van der Waals surface area contributed by atoms with Crippen molar-refractivity contribution in [3.8, 4) is 0 Å². The molecule has 0 bridgehead atoms. The van der Waals surface area contributed by atoms with Crippen LogP contribution in [0.3, 0.4) is 0 Å². The molecule has 1 aromatic heterocycles.